The molecule has 0 saturated carbocycles. The fourth-order valence-electron chi connectivity index (χ4n) is 4.71. The smallest absolute Gasteiger partial charge is 0.223 e. The number of hydrazone groups is 1. The van der Waals surface area contributed by atoms with Gasteiger partial charge in [-0.3, -0.25) is 10.2 Å². The Bertz CT molecular complexity index is 817. The van der Waals surface area contributed by atoms with E-state index >= 15 is 0 Å². The molecule has 0 radical (unpaired) electrons. The highest BCUT2D eigenvalue weighted by Crippen LogP contribution is 2.34. The van der Waals surface area contributed by atoms with E-state index in [0.29, 0.717) is 12.8 Å². The van der Waals surface area contributed by atoms with Gasteiger partial charge in [-0.15, -0.1) is 0 Å². The summed E-state index contributed by atoms with van der Waals surface area (Å²) in [6.45, 7) is 1.82. The van der Waals surface area contributed by atoms with Gasteiger partial charge in [0.25, 0.3) is 0 Å². The van der Waals surface area contributed by atoms with E-state index in [0.717, 1.165) is 43.9 Å². The lowest BCUT2D eigenvalue weighted by atomic mass is 9.99. The minimum atomic E-state index is 0.0904. The molecule has 4 aliphatic heterocycles. The van der Waals surface area contributed by atoms with Crippen LogP contribution in [-0.4, -0.2) is 59.0 Å². The van der Waals surface area contributed by atoms with Gasteiger partial charge in [-0.2, -0.15) is 5.10 Å². The van der Waals surface area contributed by atoms with Gasteiger partial charge in [0.2, 0.25) is 5.91 Å². The third-order valence-corrected chi connectivity index (χ3v) is 6.35. The van der Waals surface area contributed by atoms with Crippen LogP contribution >= 0.6 is 0 Å². The lowest BCUT2D eigenvalue weighted by Gasteiger charge is -2.37. The van der Waals surface area contributed by atoms with Gasteiger partial charge in [0.15, 0.2) is 0 Å². The van der Waals surface area contributed by atoms with Crippen LogP contribution in [-0.2, 0) is 4.79 Å². The van der Waals surface area contributed by atoms with E-state index in [1.54, 1.807) is 7.11 Å². The van der Waals surface area contributed by atoms with Gasteiger partial charge in [0, 0.05) is 38.3 Å². The summed E-state index contributed by atoms with van der Waals surface area (Å²) in [7, 11) is 1.69. The molecule has 0 aromatic heterocycles. The third-order valence-electron chi connectivity index (χ3n) is 6.35. The van der Waals surface area contributed by atoms with Crippen molar-refractivity contribution in [2.24, 2.45) is 5.10 Å². The predicted octanol–water partition coefficient (Wildman–Crippen LogP) is 1.75. The van der Waals surface area contributed by atoms with Crippen molar-refractivity contribution in [3.8, 4) is 5.75 Å². The number of hydrogen-bond donors (Lipinski definition) is 2. The van der Waals surface area contributed by atoms with Crippen LogP contribution in [0.2, 0.25) is 0 Å². The summed E-state index contributed by atoms with van der Waals surface area (Å²) in [4.78, 5) is 16.5. The topological polar surface area (TPSA) is 72.4 Å². The summed E-state index contributed by atoms with van der Waals surface area (Å²) in [6, 6.07) is 8.75. The molecular weight excluding hydrogens is 368 g/mol. The molecule has 1 aromatic rings. The standard InChI is InChI=1S/C21H28N6O2/c1-29-16-6-4-15(5-7-16)17-14-18-21-23-22-19(26(21)12-13-27(18)24-17)8-9-20(28)25-10-2-3-11-25/h4-7,12-13,17-18,21,23-24H,2-3,8-11,14H2,1H3. The Morgan fingerprint density at radius 2 is 2.00 bits per heavy atom. The van der Waals surface area contributed by atoms with Gasteiger partial charge in [0.05, 0.1) is 19.2 Å². The normalized spacial score (nSPS) is 27.6. The Hall–Kier alpha value is -2.74. The number of hydrazine groups is 1. The zero-order valence-electron chi connectivity index (χ0n) is 16.8. The van der Waals surface area contributed by atoms with Gasteiger partial charge >= 0.3 is 0 Å². The maximum absolute atomic E-state index is 12.4. The van der Waals surface area contributed by atoms with Crippen molar-refractivity contribution in [3.05, 3.63) is 42.2 Å². The monoisotopic (exact) mass is 396 g/mol. The van der Waals surface area contributed by atoms with Gasteiger partial charge < -0.3 is 19.5 Å². The fraction of sp³-hybridized carbons (Fsp3) is 0.524. The van der Waals surface area contributed by atoms with Gasteiger partial charge in [-0.05, 0) is 37.0 Å². The maximum atomic E-state index is 12.4. The van der Waals surface area contributed by atoms with E-state index in [-0.39, 0.29) is 24.2 Å². The van der Waals surface area contributed by atoms with E-state index in [4.69, 9.17) is 4.74 Å². The summed E-state index contributed by atoms with van der Waals surface area (Å²) in [5, 5.41) is 6.74. The number of likely N-dealkylation sites (tertiary alicyclic amines) is 1. The number of amidine groups is 1. The zero-order chi connectivity index (χ0) is 19.8. The average molecular weight is 396 g/mol. The second-order valence-electron chi connectivity index (χ2n) is 8.06. The van der Waals surface area contributed by atoms with Crippen LogP contribution in [0.3, 0.4) is 0 Å². The lowest BCUT2D eigenvalue weighted by Crippen LogP contribution is -2.54. The van der Waals surface area contributed by atoms with Crippen LogP contribution in [0.25, 0.3) is 0 Å². The van der Waals surface area contributed by atoms with Crippen LogP contribution in [0, 0.1) is 0 Å². The zero-order valence-corrected chi connectivity index (χ0v) is 16.8. The first-order valence-corrected chi connectivity index (χ1v) is 10.5. The number of hydrogen-bond acceptors (Lipinski definition) is 7. The lowest BCUT2D eigenvalue weighted by molar-refractivity contribution is -0.129. The van der Waals surface area contributed by atoms with Crippen LogP contribution in [0.1, 0.15) is 43.7 Å². The Labute approximate surface area is 171 Å². The first kappa shape index (κ1) is 18.3. The van der Waals surface area contributed by atoms with Gasteiger partial charge in [-0.1, -0.05) is 12.1 Å². The van der Waals surface area contributed by atoms with E-state index in [9.17, 15) is 4.79 Å². The minimum Gasteiger partial charge on any atom is -0.497 e. The molecule has 3 atom stereocenters. The molecule has 8 nitrogen and oxygen atoms in total. The van der Waals surface area contributed by atoms with Crippen molar-refractivity contribution in [2.75, 3.05) is 20.2 Å². The molecule has 4 aliphatic rings. The van der Waals surface area contributed by atoms with E-state index in [1.165, 1.54) is 5.56 Å². The highest BCUT2D eigenvalue weighted by Gasteiger charge is 2.44. The Kier molecular flexibility index (Phi) is 4.79. The largest absolute Gasteiger partial charge is 0.497 e. The number of ether oxygens (including phenoxy) is 1. The molecule has 5 rings (SSSR count). The molecule has 0 bridgehead atoms. The summed E-state index contributed by atoms with van der Waals surface area (Å²) < 4.78 is 5.27. The number of rotatable bonds is 5. The summed E-state index contributed by atoms with van der Waals surface area (Å²) >= 11 is 0. The predicted molar refractivity (Wildman–Crippen MR) is 110 cm³/mol. The van der Waals surface area contributed by atoms with Crippen molar-refractivity contribution in [3.63, 3.8) is 0 Å². The Morgan fingerprint density at radius 1 is 1.21 bits per heavy atom. The van der Waals surface area contributed by atoms with Gasteiger partial charge in [0.1, 0.15) is 17.8 Å². The molecule has 0 aliphatic carbocycles. The number of fused-ring (bicyclic) bond motifs is 3. The highest BCUT2D eigenvalue weighted by atomic mass is 16.5. The second kappa shape index (κ2) is 7.59. The summed E-state index contributed by atoms with van der Waals surface area (Å²) in [6.07, 6.45) is 8.66. The molecule has 2 N–H and O–H groups in total. The first-order chi connectivity index (χ1) is 14.2. The van der Waals surface area contributed by atoms with Crippen LogP contribution in [0.5, 0.6) is 5.75 Å². The van der Waals surface area contributed by atoms with Gasteiger partial charge in [-0.25, -0.2) is 5.43 Å². The van der Waals surface area contributed by atoms with Crippen molar-refractivity contribution >= 4 is 11.7 Å². The molecule has 154 valence electrons. The fourth-order valence-corrected chi connectivity index (χ4v) is 4.71. The second-order valence-corrected chi connectivity index (χ2v) is 8.06. The average Bonchev–Trinajstić information content (AvgIpc) is 3.51. The number of carbonyl (C=O) groups excluding carboxylic acids is 1. The molecule has 4 heterocycles. The minimum absolute atomic E-state index is 0.0904. The maximum Gasteiger partial charge on any atom is 0.223 e. The molecule has 29 heavy (non-hydrogen) atoms. The molecule has 8 heteroatoms. The van der Waals surface area contributed by atoms with Crippen molar-refractivity contribution in [1.82, 2.24) is 25.7 Å². The van der Waals surface area contributed by atoms with Crippen LogP contribution < -0.4 is 15.6 Å². The molecule has 0 spiro atoms. The molecular formula is C21H28N6O2. The van der Waals surface area contributed by atoms with E-state index in [1.807, 2.05) is 17.0 Å². The van der Waals surface area contributed by atoms with Crippen LogP contribution in [0.15, 0.2) is 41.8 Å². The first-order valence-electron chi connectivity index (χ1n) is 10.5. The highest BCUT2D eigenvalue weighted by molar-refractivity contribution is 5.89. The van der Waals surface area contributed by atoms with E-state index in [2.05, 4.69) is 50.4 Å². The third kappa shape index (κ3) is 3.42. The number of methoxy groups -OCH3 is 1. The number of carbonyl (C=O) groups is 1. The quantitative estimate of drug-likeness (QED) is 0.790. The molecule has 3 unspecified atom stereocenters. The SMILES string of the molecule is COc1ccc(C2CC3C4NN=C(CCC(=O)N5CCCC5)N4C=CN3N2)cc1. The number of benzene rings is 1. The molecule has 1 aromatic carbocycles. The number of nitrogens with one attached hydrogen (secondary N) is 2. The number of amides is 1. The summed E-state index contributed by atoms with van der Waals surface area (Å²) in [5.41, 5.74) is 8.13. The van der Waals surface area contributed by atoms with Crippen LogP contribution in [0.4, 0.5) is 0 Å². The molecule has 2 saturated heterocycles. The van der Waals surface area contributed by atoms with Crippen molar-refractivity contribution in [1.29, 1.82) is 0 Å². The van der Waals surface area contributed by atoms with Crippen molar-refractivity contribution < 1.29 is 9.53 Å². The Morgan fingerprint density at radius 3 is 2.76 bits per heavy atom. The molecule has 1 amide bonds. The molecule has 2 fully saturated rings. The summed E-state index contributed by atoms with van der Waals surface area (Å²) in [5.74, 6) is 2.07. The van der Waals surface area contributed by atoms with E-state index < -0.39 is 0 Å². The van der Waals surface area contributed by atoms with Crippen molar-refractivity contribution in [2.45, 2.75) is 50.4 Å². The number of nitrogens with zero attached hydrogens (tertiary/aromatic N) is 4. The Balaban J connectivity index is 1.21.